The smallest absolute Gasteiger partial charge is 0.254 e. The Bertz CT molecular complexity index is 1030. The predicted molar refractivity (Wildman–Crippen MR) is 119 cm³/mol. The average molecular weight is 446 g/mol. The largest absolute Gasteiger partial charge is 0.493 e. The minimum Gasteiger partial charge on any atom is -0.493 e. The summed E-state index contributed by atoms with van der Waals surface area (Å²) in [5.41, 5.74) is 1.29. The molecule has 7 nitrogen and oxygen atoms in total. The first kappa shape index (κ1) is 22.7. The molecule has 2 aromatic carbocycles. The number of rotatable bonds is 9. The van der Waals surface area contributed by atoms with Gasteiger partial charge in [-0.05, 0) is 48.4 Å². The highest BCUT2D eigenvalue weighted by molar-refractivity contribution is 7.91. The van der Waals surface area contributed by atoms with Gasteiger partial charge in [-0.15, -0.1) is 0 Å². The summed E-state index contributed by atoms with van der Waals surface area (Å²) in [5, 5.41) is 0. The van der Waals surface area contributed by atoms with Crippen molar-refractivity contribution in [2.24, 2.45) is 0 Å². The first-order chi connectivity index (χ1) is 14.9. The number of amides is 1. The highest BCUT2D eigenvalue weighted by Gasteiger charge is 2.35. The number of sulfone groups is 1. The molecule has 1 fully saturated rings. The third-order valence-electron chi connectivity index (χ3n) is 5.18. The molecule has 1 heterocycles. The Morgan fingerprint density at radius 2 is 1.84 bits per heavy atom. The third kappa shape index (κ3) is 5.58. The van der Waals surface area contributed by atoms with Crippen molar-refractivity contribution in [3.63, 3.8) is 0 Å². The van der Waals surface area contributed by atoms with Crippen LogP contribution >= 0.6 is 0 Å². The summed E-state index contributed by atoms with van der Waals surface area (Å²) in [6.45, 7) is 4.24. The Kier molecular flexibility index (Phi) is 7.22. The summed E-state index contributed by atoms with van der Waals surface area (Å²) in [5.74, 6) is 1.59. The van der Waals surface area contributed by atoms with Crippen molar-refractivity contribution in [2.45, 2.75) is 19.0 Å². The van der Waals surface area contributed by atoms with Crippen molar-refractivity contribution >= 4 is 15.7 Å². The van der Waals surface area contributed by atoms with E-state index in [4.69, 9.17) is 14.2 Å². The van der Waals surface area contributed by atoms with E-state index >= 15 is 0 Å². The summed E-state index contributed by atoms with van der Waals surface area (Å²) in [6, 6.07) is 11.8. The van der Waals surface area contributed by atoms with Gasteiger partial charge in [-0.25, -0.2) is 8.42 Å². The van der Waals surface area contributed by atoms with Gasteiger partial charge in [0, 0.05) is 18.2 Å². The van der Waals surface area contributed by atoms with Gasteiger partial charge in [-0.2, -0.15) is 0 Å². The van der Waals surface area contributed by atoms with Gasteiger partial charge in [0.05, 0.1) is 25.7 Å². The number of ether oxygens (including phenoxy) is 3. The normalized spacial score (nSPS) is 17.0. The van der Waals surface area contributed by atoms with E-state index in [-0.39, 0.29) is 30.0 Å². The van der Waals surface area contributed by atoms with Gasteiger partial charge in [-0.1, -0.05) is 18.7 Å². The first-order valence-electron chi connectivity index (χ1n) is 9.93. The van der Waals surface area contributed by atoms with Crippen LogP contribution in [0.3, 0.4) is 0 Å². The van der Waals surface area contributed by atoms with Crippen LogP contribution in [0.15, 0.2) is 55.1 Å². The van der Waals surface area contributed by atoms with Gasteiger partial charge >= 0.3 is 0 Å². The van der Waals surface area contributed by atoms with Gasteiger partial charge in [0.1, 0.15) is 12.4 Å². The summed E-state index contributed by atoms with van der Waals surface area (Å²) in [6.07, 6.45) is 2.06. The van der Waals surface area contributed by atoms with E-state index < -0.39 is 9.84 Å². The second kappa shape index (κ2) is 9.87. The number of nitrogens with zero attached hydrogens (tertiary/aromatic N) is 1. The lowest BCUT2D eigenvalue weighted by Gasteiger charge is -2.29. The Morgan fingerprint density at radius 3 is 2.42 bits per heavy atom. The maximum atomic E-state index is 13.4. The molecule has 0 N–H and O–H groups in total. The van der Waals surface area contributed by atoms with E-state index in [1.54, 1.807) is 61.6 Å². The fourth-order valence-corrected chi connectivity index (χ4v) is 5.31. The summed E-state index contributed by atoms with van der Waals surface area (Å²) in [7, 11) is -0.0565. The lowest BCUT2D eigenvalue weighted by molar-refractivity contribution is 0.0680. The summed E-state index contributed by atoms with van der Waals surface area (Å²) >= 11 is 0. The minimum absolute atomic E-state index is 0.0352. The van der Waals surface area contributed by atoms with Crippen molar-refractivity contribution in [2.75, 3.05) is 32.3 Å². The van der Waals surface area contributed by atoms with Crippen molar-refractivity contribution in [3.8, 4) is 17.2 Å². The van der Waals surface area contributed by atoms with Gasteiger partial charge in [0.15, 0.2) is 21.3 Å². The van der Waals surface area contributed by atoms with Crippen LogP contribution < -0.4 is 14.2 Å². The van der Waals surface area contributed by atoms with Crippen molar-refractivity contribution in [1.29, 1.82) is 0 Å². The molecule has 0 aliphatic carbocycles. The monoisotopic (exact) mass is 445 g/mol. The molecule has 0 saturated carbocycles. The summed E-state index contributed by atoms with van der Waals surface area (Å²) < 4.78 is 40.3. The van der Waals surface area contributed by atoms with Gasteiger partial charge in [-0.3, -0.25) is 4.79 Å². The van der Waals surface area contributed by atoms with E-state index in [1.165, 1.54) is 0 Å². The van der Waals surface area contributed by atoms with Crippen LogP contribution in [0.4, 0.5) is 0 Å². The topological polar surface area (TPSA) is 82.1 Å². The van der Waals surface area contributed by atoms with E-state index in [0.717, 1.165) is 5.56 Å². The van der Waals surface area contributed by atoms with Crippen LogP contribution in [0.2, 0.25) is 0 Å². The molecule has 3 rings (SSSR count). The van der Waals surface area contributed by atoms with Crippen molar-refractivity contribution < 1.29 is 27.4 Å². The molecular weight excluding hydrogens is 418 g/mol. The highest BCUT2D eigenvalue weighted by Crippen LogP contribution is 2.30. The molecule has 1 saturated heterocycles. The molecule has 8 heteroatoms. The molecule has 0 unspecified atom stereocenters. The number of benzene rings is 2. The van der Waals surface area contributed by atoms with E-state index in [2.05, 4.69) is 6.58 Å². The summed E-state index contributed by atoms with van der Waals surface area (Å²) in [4.78, 5) is 15.0. The lowest BCUT2D eigenvalue weighted by Crippen LogP contribution is -2.40. The molecule has 31 heavy (non-hydrogen) atoms. The second-order valence-electron chi connectivity index (χ2n) is 7.30. The molecular formula is C23H27NO6S. The van der Waals surface area contributed by atoms with Gasteiger partial charge < -0.3 is 19.1 Å². The Labute approximate surface area is 183 Å². The zero-order valence-corrected chi connectivity index (χ0v) is 18.6. The second-order valence-corrected chi connectivity index (χ2v) is 9.53. The molecule has 0 spiro atoms. The lowest BCUT2D eigenvalue weighted by atomic mass is 10.1. The van der Waals surface area contributed by atoms with E-state index in [0.29, 0.717) is 35.8 Å². The van der Waals surface area contributed by atoms with Crippen LogP contribution in [-0.2, 0) is 16.4 Å². The Morgan fingerprint density at radius 1 is 1.13 bits per heavy atom. The molecule has 166 valence electrons. The standard InChI is InChI=1S/C23H27NO6S/c1-4-12-30-20-8-6-18(7-9-20)23(25)24(19-11-13-31(26,27)16-19)15-17-5-10-21(28-2)22(14-17)29-3/h4-10,14,19H,1,11-13,15-16H2,2-3H3/t19-/m1/s1. The van der Waals surface area contributed by atoms with Gasteiger partial charge in [0.2, 0.25) is 0 Å². The third-order valence-corrected chi connectivity index (χ3v) is 6.93. The molecule has 1 atom stereocenters. The van der Waals surface area contributed by atoms with Crippen LogP contribution in [-0.4, -0.2) is 57.6 Å². The van der Waals surface area contributed by atoms with Crippen LogP contribution in [0.5, 0.6) is 17.2 Å². The van der Waals surface area contributed by atoms with Crippen molar-refractivity contribution in [1.82, 2.24) is 4.90 Å². The van der Waals surface area contributed by atoms with Gasteiger partial charge in [0.25, 0.3) is 5.91 Å². The zero-order chi connectivity index (χ0) is 22.4. The number of hydrogen-bond donors (Lipinski definition) is 0. The van der Waals surface area contributed by atoms with Crippen LogP contribution in [0.1, 0.15) is 22.3 Å². The maximum Gasteiger partial charge on any atom is 0.254 e. The fraction of sp³-hybridized carbons (Fsp3) is 0.348. The zero-order valence-electron chi connectivity index (χ0n) is 17.7. The van der Waals surface area contributed by atoms with Crippen LogP contribution in [0, 0.1) is 0 Å². The van der Waals surface area contributed by atoms with E-state index in [9.17, 15) is 13.2 Å². The molecule has 0 bridgehead atoms. The molecule has 1 aliphatic heterocycles. The highest BCUT2D eigenvalue weighted by atomic mass is 32.2. The molecule has 2 aromatic rings. The molecule has 1 aliphatic rings. The quantitative estimate of drug-likeness (QED) is 0.552. The Hall–Kier alpha value is -3.00. The maximum absolute atomic E-state index is 13.4. The Balaban J connectivity index is 1.88. The van der Waals surface area contributed by atoms with E-state index in [1.807, 2.05) is 6.07 Å². The predicted octanol–water partition coefficient (Wildman–Crippen LogP) is 3.10. The first-order valence-corrected chi connectivity index (χ1v) is 11.7. The fourth-order valence-electron chi connectivity index (χ4n) is 3.58. The van der Waals surface area contributed by atoms with Crippen molar-refractivity contribution in [3.05, 3.63) is 66.2 Å². The molecule has 1 amide bonds. The average Bonchev–Trinajstić information content (AvgIpc) is 3.15. The molecule has 0 radical (unpaired) electrons. The number of carbonyl (C=O) groups excluding carboxylic acids is 1. The SMILES string of the molecule is C=CCOc1ccc(C(=O)N(Cc2ccc(OC)c(OC)c2)[C@@H]2CCS(=O)(=O)C2)cc1. The number of hydrogen-bond acceptors (Lipinski definition) is 6. The molecule has 0 aromatic heterocycles. The number of carbonyl (C=O) groups is 1. The number of methoxy groups -OCH3 is 2. The van der Waals surface area contributed by atoms with Crippen LogP contribution in [0.25, 0.3) is 0 Å². The minimum atomic E-state index is -3.16.